The van der Waals surface area contributed by atoms with E-state index in [2.05, 4.69) is 20.2 Å². The van der Waals surface area contributed by atoms with E-state index in [9.17, 15) is 4.79 Å². The zero-order valence-electron chi connectivity index (χ0n) is 15.7. The van der Waals surface area contributed by atoms with Gasteiger partial charge in [0.15, 0.2) is 0 Å². The van der Waals surface area contributed by atoms with E-state index >= 15 is 0 Å². The minimum atomic E-state index is -0.0927. The summed E-state index contributed by atoms with van der Waals surface area (Å²) in [6, 6.07) is 13.8. The summed E-state index contributed by atoms with van der Waals surface area (Å²) in [7, 11) is 1.60. The molecule has 1 aromatic carbocycles. The molecule has 0 radical (unpaired) electrons. The highest BCUT2D eigenvalue weighted by Gasteiger charge is 2.25. The van der Waals surface area contributed by atoms with Gasteiger partial charge < -0.3 is 15.0 Å². The van der Waals surface area contributed by atoms with Gasteiger partial charge >= 0.3 is 0 Å². The highest BCUT2D eigenvalue weighted by atomic mass is 32.1. The second kappa shape index (κ2) is 8.39. The first kappa shape index (κ1) is 18.4. The van der Waals surface area contributed by atoms with Gasteiger partial charge in [-0.15, -0.1) is 11.3 Å². The molecule has 7 heteroatoms. The molecular formula is C21H22N4O2S. The van der Waals surface area contributed by atoms with E-state index in [1.165, 1.54) is 11.3 Å². The number of nitrogens with one attached hydrogen (secondary N) is 1. The standard InChI is InChI=1S/C21H22N4O2S/c1-27-17-13-18(15-7-3-2-4-8-15)28-19(17)20(26)24-16-9-5-12-25(14-16)21-22-10-6-11-23-21/h2-4,6-8,10-11,13,16H,5,9,12,14H2,1H3,(H,24,26). The molecule has 6 nitrogen and oxygen atoms in total. The summed E-state index contributed by atoms with van der Waals surface area (Å²) in [5.41, 5.74) is 1.08. The largest absolute Gasteiger partial charge is 0.495 e. The van der Waals surface area contributed by atoms with E-state index in [-0.39, 0.29) is 11.9 Å². The summed E-state index contributed by atoms with van der Waals surface area (Å²) in [6.07, 6.45) is 5.41. The van der Waals surface area contributed by atoms with E-state index < -0.39 is 0 Å². The number of hydrogen-bond acceptors (Lipinski definition) is 6. The predicted molar refractivity (Wildman–Crippen MR) is 111 cm³/mol. The van der Waals surface area contributed by atoms with Crippen molar-refractivity contribution in [1.82, 2.24) is 15.3 Å². The maximum absolute atomic E-state index is 12.9. The van der Waals surface area contributed by atoms with Crippen LogP contribution >= 0.6 is 11.3 Å². The van der Waals surface area contributed by atoms with Gasteiger partial charge in [0.2, 0.25) is 5.95 Å². The van der Waals surface area contributed by atoms with E-state index in [0.717, 1.165) is 29.8 Å². The number of carbonyl (C=O) groups excluding carboxylic acids is 1. The lowest BCUT2D eigenvalue weighted by Gasteiger charge is -2.33. The number of rotatable bonds is 5. The molecule has 0 bridgehead atoms. The Bertz CT molecular complexity index is 930. The van der Waals surface area contributed by atoms with Gasteiger partial charge in [-0.3, -0.25) is 4.79 Å². The molecule has 1 atom stereocenters. The molecule has 0 saturated carbocycles. The SMILES string of the molecule is COc1cc(-c2ccccc2)sc1C(=O)NC1CCCN(c2ncccn2)C1. The number of hydrogen-bond donors (Lipinski definition) is 1. The van der Waals surface area contributed by atoms with Gasteiger partial charge in [0.25, 0.3) is 5.91 Å². The molecule has 4 rings (SSSR count). The van der Waals surface area contributed by atoms with Crippen LogP contribution in [0.2, 0.25) is 0 Å². The molecule has 1 amide bonds. The van der Waals surface area contributed by atoms with Gasteiger partial charge in [0, 0.05) is 36.4 Å². The second-order valence-electron chi connectivity index (χ2n) is 6.68. The van der Waals surface area contributed by atoms with Gasteiger partial charge in [-0.25, -0.2) is 9.97 Å². The summed E-state index contributed by atoms with van der Waals surface area (Å²) < 4.78 is 5.47. The maximum atomic E-state index is 12.9. The van der Waals surface area contributed by atoms with Crippen LogP contribution in [0.15, 0.2) is 54.9 Å². The molecule has 0 spiro atoms. The quantitative estimate of drug-likeness (QED) is 0.716. The third kappa shape index (κ3) is 3.99. The fourth-order valence-electron chi connectivity index (χ4n) is 3.41. The Balaban J connectivity index is 1.48. The Labute approximate surface area is 168 Å². The van der Waals surface area contributed by atoms with Crippen molar-refractivity contribution in [1.29, 1.82) is 0 Å². The summed E-state index contributed by atoms with van der Waals surface area (Å²) in [4.78, 5) is 25.3. The lowest BCUT2D eigenvalue weighted by Crippen LogP contribution is -2.48. The normalized spacial score (nSPS) is 16.6. The molecule has 2 aromatic heterocycles. The monoisotopic (exact) mass is 394 g/mol. The van der Waals surface area contributed by atoms with Crippen LogP contribution in [0.1, 0.15) is 22.5 Å². The number of carbonyl (C=O) groups is 1. The van der Waals surface area contributed by atoms with Crippen molar-refractivity contribution in [2.45, 2.75) is 18.9 Å². The van der Waals surface area contributed by atoms with E-state index in [0.29, 0.717) is 23.1 Å². The van der Waals surface area contributed by atoms with Gasteiger partial charge in [-0.2, -0.15) is 0 Å². The minimum Gasteiger partial charge on any atom is -0.495 e. The van der Waals surface area contributed by atoms with Crippen LogP contribution in [0.25, 0.3) is 10.4 Å². The number of ether oxygens (including phenoxy) is 1. The lowest BCUT2D eigenvalue weighted by atomic mass is 10.1. The second-order valence-corrected chi connectivity index (χ2v) is 7.73. The van der Waals surface area contributed by atoms with Crippen LogP contribution in [0, 0.1) is 0 Å². The minimum absolute atomic E-state index is 0.0528. The molecule has 1 aliphatic rings. The first-order chi connectivity index (χ1) is 13.7. The van der Waals surface area contributed by atoms with Crippen LogP contribution in [0.5, 0.6) is 5.75 Å². The van der Waals surface area contributed by atoms with Crippen molar-refractivity contribution in [3.8, 4) is 16.2 Å². The van der Waals surface area contributed by atoms with Gasteiger partial charge in [0.1, 0.15) is 10.6 Å². The molecule has 1 fully saturated rings. The van der Waals surface area contributed by atoms with Crippen molar-refractivity contribution < 1.29 is 9.53 Å². The average Bonchev–Trinajstić information content (AvgIpc) is 3.20. The Kier molecular flexibility index (Phi) is 5.53. The van der Waals surface area contributed by atoms with Crippen LogP contribution in [-0.4, -0.2) is 42.1 Å². The number of methoxy groups -OCH3 is 1. The summed E-state index contributed by atoms with van der Waals surface area (Å²) in [5.74, 6) is 1.23. The van der Waals surface area contributed by atoms with Gasteiger partial charge in [-0.05, 0) is 30.5 Å². The molecule has 3 aromatic rings. The average molecular weight is 395 g/mol. The number of thiophene rings is 1. The van der Waals surface area contributed by atoms with Crippen LogP contribution in [-0.2, 0) is 0 Å². The van der Waals surface area contributed by atoms with E-state index in [1.54, 1.807) is 25.6 Å². The third-order valence-corrected chi connectivity index (χ3v) is 5.94. The van der Waals surface area contributed by atoms with Crippen molar-refractivity contribution in [2.24, 2.45) is 0 Å². The number of nitrogens with zero attached hydrogens (tertiary/aromatic N) is 3. The molecule has 1 saturated heterocycles. The fourth-order valence-corrected chi connectivity index (χ4v) is 4.45. The lowest BCUT2D eigenvalue weighted by molar-refractivity contribution is 0.0934. The Morgan fingerprint density at radius 3 is 2.75 bits per heavy atom. The number of amides is 1. The Morgan fingerprint density at radius 2 is 2.00 bits per heavy atom. The van der Waals surface area contributed by atoms with Gasteiger partial charge in [0.05, 0.1) is 7.11 Å². The molecule has 28 heavy (non-hydrogen) atoms. The zero-order valence-corrected chi connectivity index (χ0v) is 16.5. The Morgan fingerprint density at radius 1 is 1.21 bits per heavy atom. The number of piperidine rings is 1. The summed E-state index contributed by atoms with van der Waals surface area (Å²) >= 11 is 1.46. The van der Waals surface area contributed by atoms with Crippen LogP contribution in [0.4, 0.5) is 5.95 Å². The van der Waals surface area contributed by atoms with E-state index in [4.69, 9.17) is 4.74 Å². The predicted octanol–water partition coefficient (Wildman–Crippen LogP) is 3.61. The van der Waals surface area contributed by atoms with Crippen molar-refractivity contribution in [3.63, 3.8) is 0 Å². The highest BCUT2D eigenvalue weighted by molar-refractivity contribution is 7.17. The molecule has 144 valence electrons. The van der Waals surface area contributed by atoms with Crippen molar-refractivity contribution in [2.75, 3.05) is 25.1 Å². The first-order valence-electron chi connectivity index (χ1n) is 9.30. The molecule has 3 heterocycles. The number of benzene rings is 1. The molecular weight excluding hydrogens is 372 g/mol. The van der Waals surface area contributed by atoms with Crippen molar-refractivity contribution >= 4 is 23.2 Å². The number of aromatic nitrogens is 2. The maximum Gasteiger partial charge on any atom is 0.265 e. The number of anilines is 1. The summed E-state index contributed by atoms with van der Waals surface area (Å²) in [5, 5.41) is 3.17. The zero-order chi connectivity index (χ0) is 19.3. The smallest absolute Gasteiger partial charge is 0.265 e. The first-order valence-corrected chi connectivity index (χ1v) is 10.1. The highest BCUT2D eigenvalue weighted by Crippen LogP contribution is 2.36. The third-order valence-electron chi connectivity index (χ3n) is 4.77. The fraction of sp³-hybridized carbons (Fsp3) is 0.286. The Hall–Kier alpha value is -2.93. The van der Waals surface area contributed by atoms with Crippen molar-refractivity contribution in [3.05, 3.63) is 59.7 Å². The molecule has 1 N–H and O–H groups in total. The summed E-state index contributed by atoms with van der Waals surface area (Å²) in [6.45, 7) is 1.60. The topological polar surface area (TPSA) is 67.3 Å². The van der Waals surface area contributed by atoms with Crippen LogP contribution in [0.3, 0.4) is 0 Å². The van der Waals surface area contributed by atoms with E-state index in [1.807, 2.05) is 36.4 Å². The molecule has 1 unspecified atom stereocenters. The molecule has 1 aliphatic heterocycles. The van der Waals surface area contributed by atoms with Crippen LogP contribution < -0.4 is 15.0 Å². The van der Waals surface area contributed by atoms with Gasteiger partial charge in [-0.1, -0.05) is 30.3 Å². The molecule has 0 aliphatic carbocycles.